The van der Waals surface area contributed by atoms with E-state index in [0.717, 1.165) is 16.5 Å². The van der Waals surface area contributed by atoms with E-state index in [-0.39, 0.29) is 5.78 Å². The lowest BCUT2D eigenvalue weighted by molar-refractivity contribution is 0.0937. The first-order chi connectivity index (χ1) is 8.13. The minimum Gasteiger partial charge on any atom is -0.453 e. The number of furan rings is 1. The molecule has 1 unspecified atom stereocenters. The first-order valence-corrected chi connectivity index (χ1v) is 5.53. The Kier molecular flexibility index (Phi) is 3.11. The number of carbonyl (C=O) groups excluding carboxylic acids is 1. The molecule has 0 radical (unpaired) electrons. The summed E-state index contributed by atoms with van der Waals surface area (Å²) in [5.74, 6) is 0.143. The van der Waals surface area contributed by atoms with Crippen LogP contribution in [-0.2, 0) is 0 Å². The Bertz CT molecular complexity index is 569. The number of rotatable bonds is 4. The van der Waals surface area contributed by atoms with E-state index < -0.39 is 6.04 Å². The zero-order chi connectivity index (χ0) is 12.4. The molecule has 0 saturated heterocycles. The largest absolute Gasteiger partial charge is 0.453 e. The molecule has 0 bridgehead atoms. The third-order valence-electron chi connectivity index (χ3n) is 2.74. The molecular formula is C14H15NO2. The highest BCUT2D eigenvalue weighted by Gasteiger charge is 2.19. The summed E-state index contributed by atoms with van der Waals surface area (Å²) < 4.78 is 5.56. The van der Waals surface area contributed by atoms with Crippen molar-refractivity contribution in [3.05, 3.63) is 48.2 Å². The summed E-state index contributed by atoms with van der Waals surface area (Å²) in [5.41, 5.74) is 7.50. The summed E-state index contributed by atoms with van der Waals surface area (Å²) in [6, 6.07) is 6.97. The maximum absolute atomic E-state index is 11.9. The van der Waals surface area contributed by atoms with E-state index in [2.05, 4.69) is 6.58 Å². The van der Waals surface area contributed by atoms with Crippen LogP contribution >= 0.6 is 0 Å². The molecule has 1 aromatic heterocycles. The lowest BCUT2D eigenvalue weighted by Crippen LogP contribution is -2.29. The van der Waals surface area contributed by atoms with Gasteiger partial charge in [-0.25, -0.2) is 0 Å². The van der Waals surface area contributed by atoms with Crippen LogP contribution < -0.4 is 5.73 Å². The summed E-state index contributed by atoms with van der Waals surface area (Å²) in [6.07, 6.45) is 2.09. The van der Waals surface area contributed by atoms with E-state index in [0.29, 0.717) is 12.2 Å². The number of nitrogens with two attached hydrogens (primary N) is 1. The average molecular weight is 229 g/mol. The summed E-state index contributed by atoms with van der Waals surface area (Å²) in [5, 5.41) is 0.930. The predicted molar refractivity (Wildman–Crippen MR) is 68.1 cm³/mol. The first kappa shape index (κ1) is 11.6. The van der Waals surface area contributed by atoms with Crippen LogP contribution in [0.3, 0.4) is 0 Å². The van der Waals surface area contributed by atoms with Crippen molar-refractivity contribution in [2.45, 2.75) is 19.4 Å². The highest BCUT2D eigenvalue weighted by molar-refractivity contribution is 6.01. The fraction of sp³-hybridized carbons (Fsp3) is 0.214. The van der Waals surface area contributed by atoms with Crippen LogP contribution in [0.1, 0.15) is 22.5 Å². The molecule has 2 N–H and O–H groups in total. The third kappa shape index (κ3) is 2.15. The molecule has 3 nitrogen and oxygen atoms in total. The van der Waals surface area contributed by atoms with Crippen molar-refractivity contribution < 1.29 is 9.21 Å². The zero-order valence-corrected chi connectivity index (χ0v) is 9.77. The Morgan fingerprint density at radius 3 is 3.00 bits per heavy atom. The lowest BCUT2D eigenvalue weighted by Gasteiger charge is -2.04. The summed E-state index contributed by atoms with van der Waals surface area (Å²) in [6.45, 7) is 5.52. The molecule has 0 saturated carbocycles. The number of fused-ring (bicyclic) bond motifs is 1. The van der Waals surface area contributed by atoms with E-state index in [1.807, 2.05) is 25.1 Å². The molecule has 0 fully saturated rings. The van der Waals surface area contributed by atoms with Crippen molar-refractivity contribution in [1.29, 1.82) is 0 Å². The highest BCUT2D eigenvalue weighted by Crippen LogP contribution is 2.23. The maximum atomic E-state index is 11.9. The number of benzene rings is 1. The number of aryl methyl sites for hydroxylation is 1. The van der Waals surface area contributed by atoms with Crippen LogP contribution in [0.5, 0.6) is 0 Å². The molecule has 0 amide bonds. The van der Waals surface area contributed by atoms with Gasteiger partial charge in [-0.15, -0.1) is 6.58 Å². The highest BCUT2D eigenvalue weighted by atomic mass is 16.3. The van der Waals surface area contributed by atoms with Gasteiger partial charge in [-0.3, -0.25) is 4.79 Å². The molecule has 2 rings (SSSR count). The summed E-state index contributed by atoms with van der Waals surface area (Å²) >= 11 is 0. The van der Waals surface area contributed by atoms with Crippen molar-refractivity contribution in [1.82, 2.24) is 0 Å². The fourth-order valence-electron chi connectivity index (χ4n) is 1.80. The van der Waals surface area contributed by atoms with Gasteiger partial charge in [0.05, 0.1) is 6.04 Å². The normalized spacial score (nSPS) is 12.6. The molecule has 0 aliphatic rings. The number of Topliss-reactive ketones (excluding diaryl/α,β-unsaturated/α-hetero) is 1. The number of carbonyl (C=O) groups is 1. The van der Waals surface area contributed by atoms with Gasteiger partial charge >= 0.3 is 0 Å². The van der Waals surface area contributed by atoms with Gasteiger partial charge < -0.3 is 10.2 Å². The first-order valence-electron chi connectivity index (χ1n) is 5.53. The Morgan fingerprint density at radius 1 is 1.59 bits per heavy atom. The van der Waals surface area contributed by atoms with Crippen molar-refractivity contribution in [2.24, 2.45) is 5.73 Å². The predicted octanol–water partition coefficient (Wildman–Crippen LogP) is 2.83. The van der Waals surface area contributed by atoms with Crippen molar-refractivity contribution in [3.8, 4) is 0 Å². The Morgan fingerprint density at radius 2 is 2.35 bits per heavy atom. The van der Waals surface area contributed by atoms with E-state index >= 15 is 0 Å². The summed E-state index contributed by atoms with van der Waals surface area (Å²) in [7, 11) is 0. The van der Waals surface area contributed by atoms with Gasteiger partial charge in [0.2, 0.25) is 5.78 Å². The molecule has 2 aromatic rings. The van der Waals surface area contributed by atoms with Gasteiger partial charge in [-0.05, 0) is 25.0 Å². The Hall–Kier alpha value is -1.87. The minimum absolute atomic E-state index is 0.180. The van der Waals surface area contributed by atoms with Crippen molar-refractivity contribution in [3.63, 3.8) is 0 Å². The zero-order valence-electron chi connectivity index (χ0n) is 9.77. The fourth-order valence-corrected chi connectivity index (χ4v) is 1.80. The second-order valence-corrected chi connectivity index (χ2v) is 4.10. The van der Waals surface area contributed by atoms with Gasteiger partial charge in [0.25, 0.3) is 0 Å². The molecule has 0 aliphatic carbocycles. The topological polar surface area (TPSA) is 56.2 Å². The molecule has 3 heteroatoms. The molecule has 17 heavy (non-hydrogen) atoms. The number of para-hydroxylation sites is 1. The van der Waals surface area contributed by atoms with Crippen LogP contribution in [0.25, 0.3) is 11.0 Å². The van der Waals surface area contributed by atoms with Crippen LogP contribution in [0.15, 0.2) is 41.3 Å². The monoisotopic (exact) mass is 229 g/mol. The van der Waals surface area contributed by atoms with Gasteiger partial charge in [-0.2, -0.15) is 0 Å². The Labute approximate surface area is 99.9 Å². The van der Waals surface area contributed by atoms with Crippen molar-refractivity contribution >= 4 is 16.8 Å². The summed E-state index contributed by atoms with van der Waals surface area (Å²) in [4.78, 5) is 11.9. The van der Waals surface area contributed by atoms with E-state index in [4.69, 9.17) is 10.2 Å². The maximum Gasteiger partial charge on any atom is 0.214 e. The molecule has 1 heterocycles. The van der Waals surface area contributed by atoms with Crippen molar-refractivity contribution in [2.75, 3.05) is 0 Å². The second kappa shape index (κ2) is 4.55. The molecule has 0 spiro atoms. The van der Waals surface area contributed by atoms with E-state index in [1.54, 1.807) is 12.1 Å². The van der Waals surface area contributed by atoms with E-state index in [1.165, 1.54) is 0 Å². The number of ketones is 1. The van der Waals surface area contributed by atoms with Gasteiger partial charge in [0, 0.05) is 5.39 Å². The molecule has 1 aromatic carbocycles. The third-order valence-corrected chi connectivity index (χ3v) is 2.74. The molecule has 88 valence electrons. The standard InChI is InChI=1S/C14H15NO2/c1-3-5-11(15)13(16)12-8-10-7-4-6-9(2)14(10)17-12/h3-4,6-8,11H,1,5,15H2,2H3. The van der Waals surface area contributed by atoms with E-state index in [9.17, 15) is 4.79 Å². The quantitative estimate of drug-likeness (QED) is 0.647. The number of hydrogen-bond acceptors (Lipinski definition) is 3. The Balaban J connectivity index is 2.40. The van der Waals surface area contributed by atoms with Gasteiger partial charge in [-0.1, -0.05) is 24.3 Å². The van der Waals surface area contributed by atoms with Gasteiger partial charge in [0.15, 0.2) is 5.76 Å². The van der Waals surface area contributed by atoms with Crippen LogP contribution in [0, 0.1) is 6.92 Å². The van der Waals surface area contributed by atoms with Crippen LogP contribution in [-0.4, -0.2) is 11.8 Å². The average Bonchev–Trinajstić information content (AvgIpc) is 2.73. The lowest BCUT2D eigenvalue weighted by atomic mass is 10.1. The minimum atomic E-state index is -0.576. The van der Waals surface area contributed by atoms with Gasteiger partial charge in [0.1, 0.15) is 5.58 Å². The van der Waals surface area contributed by atoms with Crippen LogP contribution in [0.2, 0.25) is 0 Å². The SMILES string of the molecule is C=CCC(N)C(=O)c1cc2cccc(C)c2o1. The number of hydrogen-bond donors (Lipinski definition) is 1. The molecular weight excluding hydrogens is 214 g/mol. The smallest absolute Gasteiger partial charge is 0.214 e. The molecule has 1 atom stereocenters. The molecule has 0 aliphatic heterocycles. The van der Waals surface area contributed by atoms with Crippen LogP contribution in [0.4, 0.5) is 0 Å². The second-order valence-electron chi connectivity index (χ2n) is 4.10.